The number of ether oxygens (including phenoxy) is 1. The molecule has 2 heterocycles. The van der Waals surface area contributed by atoms with Gasteiger partial charge in [-0.25, -0.2) is 5.84 Å². The molecule has 0 aliphatic carbocycles. The van der Waals surface area contributed by atoms with Crippen molar-refractivity contribution in [2.75, 3.05) is 16.9 Å². The number of nitrogens with zero attached hydrogens (tertiary/aromatic N) is 4. The third-order valence-electron chi connectivity index (χ3n) is 3.93. The summed E-state index contributed by atoms with van der Waals surface area (Å²) < 4.78 is 5.59. The average Bonchev–Trinajstić information content (AvgIpc) is 2.41. The van der Waals surface area contributed by atoms with Gasteiger partial charge in [0, 0.05) is 12.6 Å². The highest BCUT2D eigenvalue weighted by atomic mass is 16.5. The number of hydrogen-bond acceptors (Lipinski definition) is 7. The third-order valence-corrected chi connectivity index (χ3v) is 3.93. The Morgan fingerprint density at radius 1 is 1.24 bits per heavy atom. The second-order valence-electron chi connectivity index (χ2n) is 6.26. The largest absolute Gasteiger partial charge is 0.461 e. The molecule has 7 heteroatoms. The van der Waals surface area contributed by atoms with Gasteiger partial charge in [-0.2, -0.15) is 15.0 Å². The monoisotopic (exact) mass is 294 g/mol. The van der Waals surface area contributed by atoms with E-state index in [-0.39, 0.29) is 6.10 Å². The highest BCUT2D eigenvalue weighted by molar-refractivity contribution is 5.39. The van der Waals surface area contributed by atoms with Crippen LogP contribution in [0.3, 0.4) is 0 Å². The van der Waals surface area contributed by atoms with E-state index in [0.717, 1.165) is 6.54 Å². The van der Waals surface area contributed by atoms with Crippen molar-refractivity contribution in [1.29, 1.82) is 0 Å². The van der Waals surface area contributed by atoms with Crippen LogP contribution in [-0.2, 0) is 0 Å². The maximum absolute atomic E-state index is 5.59. The number of rotatable bonds is 4. The smallest absolute Gasteiger partial charge is 0.323 e. The number of nitrogens with two attached hydrogens (primary N) is 1. The molecule has 1 aromatic rings. The van der Waals surface area contributed by atoms with Crippen LogP contribution in [-0.4, -0.2) is 33.6 Å². The van der Waals surface area contributed by atoms with Gasteiger partial charge in [-0.3, -0.25) is 5.43 Å². The number of aromatic nitrogens is 3. The van der Waals surface area contributed by atoms with Gasteiger partial charge in [0.15, 0.2) is 0 Å². The predicted molar refractivity (Wildman–Crippen MR) is 83.2 cm³/mol. The van der Waals surface area contributed by atoms with Crippen LogP contribution in [0.4, 0.5) is 11.9 Å². The Hall–Kier alpha value is -1.63. The Morgan fingerprint density at radius 3 is 2.57 bits per heavy atom. The van der Waals surface area contributed by atoms with Gasteiger partial charge in [-0.15, -0.1) is 0 Å². The van der Waals surface area contributed by atoms with E-state index in [9.17, 15) is 0 Å². The Bertz CT molecular complexity index is 481. The number of hydrogen-bond donors (Lipinski definition) is 2. The lowest BCUT2D eigenvalue weighted by Crippen LogP contribution is -2.46. The van der Waals surface area contributed by atoms with Gasteiger partial charge in [0.2, 0.25) is 11.9 Å². The number of nitrogens with one attached hydrogen (secondary N) is 1. The Labute approximate surface area is 126 Å². The van der Waals surface area contributed by atoms with Gasteiger partial charge in [0.1, 0.15) is 0 Å². The highest BCUT2D eigenvalue weighted by Crippen LogP contribution is 2.30. The normalized spacial score (nSPS) is 26.0. The van der Waals surface area contributed by atoms with Crippen LogP contribution in [0, 0.1) is 11.8 Å². The number of nitrogen functional groups attached to an aromatic ring is 1. The zero-order valence-electron chi connectivity index (χ0n) is 13.5. The van der Waals surface area contributed by atoms with E-state index in [0.29, 0.717) is 35.8 Å². The Kier molecular flexibility index (Phi) is 4.82. The molecule has 1 aliphatic heterocycles. The van der Waals surface area contributed by atoms with Gasteiger partial charge in [0.25, 0.3) is 0 Å². The number of piperidine rings is 1. The summed E-state index contributed by atoms with van der Waals surface area (Å²) in [6.45, 7) is 11.5. The SMILES string of the molecule is CC1CC(C)C(C)N(c2nc(NN)nc(OC(C)C)n2)C1. The van der Waals surface area contributed by atoms with Crippen LogP contribution in [0.2, 0.25) is 0 Å². The van der Waals surface area contributed by atoms with Crippen molar-refractivity contribution in [3.05, 3.63) is 0 Å². The van der Waals surface area contributed by atoms with Crippen molar-refractivity contribution in [3.63, 3.8) is 0 Å². The molecule has 21 heavy (non-hydrogen) atoms. The molecule has 0 spiro atoms. The van der Waals surface area contributed by atoms with E-state index in [1.54, 1.807) is 0 Å². The molecule has 0 aromatic carbocycles. The summed E-state index contributed by atoms with van der Waals surface area (Å²) in [7, 11) is 0. The molecule has 7 nitrogen and oxygen atoms in total. The summed E-state index contributed by atoms with van der Waals surface area (Å²) in [4.78, 5) is 15.2. The molecule has 0 bridgehead atoms. The fraction of sp³-hybridized carbons (Fsp3) is 0.786. The van der Waals surface area contributed by atoms with Gasteiger partial charge >= 0.3 is 6.01 Å². The summed E-state index contributed by atoms with van der Waals surface area (Å²) in [5.74, 6) is 7.61. The van der Waals surface area contributed by atoms with Crippen molar-refractivity contribution >= 4 is 11.9 Å². The lowest BCUT2D eigenvalue weighted by molar-refractivity contribution is 0.221. The maximum Gasteiger partial charge on any atom is 0.323 e. The summed E-state index contributed by atoms with van der Waals surface area (Å²) >= 11 is 0. The fourth-order valence-electron chi connectivity index (χ4n) is 2.78. The zero-order valence-corrected chi connectivity index (χ0v) is 13.5. The Balaban J connectivity index is 2.32. The summed E-state index contributed by atoms with van der Waals surface area (Å²) in [6.07, 6.45) is 1.22. The molecule has 0 saturated carbocycles. The summed E-state index contributed by atoms with van der Waals surface area (Å²) in [6, 6.07) is 0.683. The first-order valence-corrected chi connectivity index (χ1v) is 7.56. The standard InChI is InChI=1S/C14H26N6O/c1-8(2)21-14-17-12(19-15)16-13(18-14)20-7-9(3)6-10(4)11(20)5/h8-11H,6-7,15H2,1-5H3,(H,16,17,18,19). The molecule has 0 radical (unpaired) electrons. The summed E-state index contributed by atoms with van der Waals surface area (Å²) in [5, 5.41) is 0. The molecule has 3 N–H and O–H groups in total. The minimum atomic E-state index is 0.00232. The lowest BCUT2D eigenvalue weighted by atomic mass is 9.86. The molecule has 1 aromatic heterocycles. The molecule has 1 fully saturated rings. The molecular formula is C14H26N6O. The van der Waals surface area contributed by atoms with E-state index >= 15 is 0 Å². The lowest BCUT2D eigenvalue weighted by Gasteiger charge is -2.41. The van der Waals surface area contributed by atoms with E-state index < -0.39 is 0 Å². The topological polar surface area (TPSA) is 89.2 Å². The van der Waals surface area contributed by atoms with Crippen molar-refractivity contribution in [2.24, 2.45) is 17.7 Å². The van der Waals surface area contributed by atoms with E-state index in [1.165, 1.54) is 6.42 Å². The molecular weight excluding hydrogens is 268 g/mol. The fourth-order valence-corrected chi connectivity index (χ4v) is 2.78. The first-order chi connectivity index (χ1) is 9.90. The maximum atomic E-state index is 5.59. The van der Waals surface area contributed by atoms with Crippen LogP contribution in [0.5, 0.6) is 6.01 Å². The third kappa shape index (κ3) is 3.72. The first kappa shape index (κ1) is 15.8. The van der Waals surface area contributed by atoms with Crippen molar-refractivity contribution in [2.45, 2.75) is 53.2 Å². The predicted octanol–water partition coefficient (Wildman–Crippen LogP) is 1.82. The second kappa shape index (κ2) is 6.43. The molecule has 1 aliphatic rings. The zero-order chi connectivity index (χ0) is 15.6. The van der Waals surface area contributed by atoms with E-state index in [2.05, 4.69) is 46.0 Å². The van der Waals surface area contributed by atoms with E-state index in [4.69, 9.17) is 10.6 Å². The van der Waals surface area contributed by atoms with Gasteiger partial charge < -0.3 is 9.64 Å². The number of hydrazine groups is 1. The minimum Gasteiger partial charge on any atom is -0.461 e. The van der Waals surface area contributed by atoms with Crippen LogP contribution in [0.1, 0.15) is 41.0 Å². The number of anilines is 2. The van der Waals surface area contributed by atoms with E-state index in [1.807, 2.05) is 13.8 Å². The van der Waals surface area contributed by atoms with Crippen molar-refractivity contribution in [3.8, 4) is 6.01 Å². The quantitative estimate of drug-likeness (QED) is 0.646. The van der Waals surface area contributed by atoms with Gasteiger partial charge in [-0.1, -0.05) is 13.8 Å². The molecule has 3 unspecified atom stereocenters. The van der Waals surface area contributed by atoms with Crippen LogP contribution < -0.4 is 20.9 Å². The minimum absolute atomic E-state index is 0.00232. The molecule has 2 rings (SSSR count). The van der Waals surface area contributed by atoms with Crippen LogP contribution in [0.25, 0.3) is 0 Å². The second-order valence-corrected chi connectivity index (χ2v) is 6.26. The van der Waals surface area contributed by atoms with Crippen molar-refractivity contribution < 1.29 is 4.74 Å². The van der Waals surface area contributed by atoms with Crippen LogP contribution in [0.15, 0.2) is 0 Å². The first-order valence-electron chi connectivity index (χ1n) is 7.56. The van der Waals surface area contributed by atoms with Crippen LogP contribution >= 0.6 is 0 Å². The Morgan fingerprint density at radius 2 is 1.95 bits per heavy atom. The average molecular weight is 294 g/mol. The summed E-state index contributed by atoms with van der Waals surface area (Å²) in [5.41, 5.74) is 2.49. The van der Waals surface area contributed by atoms with Gasteiger partial charge in [0.05, 0.1) is 6.10 Å². The molecule has 0 amide bonds. The van der Waals surface area contributed by atoms with Crippen molar-refractivity contribution in [1.82, 2.24) is 15.0 Å². The molecule has 1 saturated heterocycles. The van der Waals surface area contributed by atoms with Gasteiger partial charge in [-0.05, 0) is 39.0 Å². The molecule has 3 atom stereocenters. The molecule has 118 valence electrons. The highest BCUT2D eigenvalue weighted by Gasteiger charge is 2.31.